The van der Waals surface area contributed by atoms with Crippen LogP contribution in [-0.2, 0) is 4.74 Å². The molecule has 0 unspecified atom stereocenters. The highest BCUT2D eigenvalue weighted by atomic mass is 19.1. The van der Waals surface area contributed by atoms with Gasteiger partial charge in [-0.15, -0.1) is 0 Å². The lowest BCUT2D eigenvalue weighted by Gasteiger charge is -2.32. The molecule has 1 aliphatic rings. The first kappa shape index (κ1) is 20.1. The standard InChI is InChI=1S/C19H21FN6O3/c1-23-19(28)29-14-6-7-16(11(8-14)9-21)26-10-15(17(22)27)18(25-26)24-13-4-2-12(20)3-5-13/h2-5,10-11,14,16H,6-8H2,1H3,(H2,22,27)(H,23,28)(H,24,25)/t11-,14-,16+/m0/s1. The Morgan fingerprint density at radius 1 is 1.34 bits per heavy atom. The maximum Gasteiger partial charge on any atom is 0.407 e. The number of halogens is 1. The minimum absolute atomic E-state index is 0.162. The van der Waals surface area contributed by atoms with E-state index in [-0.39, 0.29) is 29.3 Å². The van der Waals surface area contributed by atoms with Gasteiger partial charge in [0.1, 0.15) is 17.5 Å². The van der Waals surface area contributed by atoms with Crippen LogP contribution in [0.3, 0.4) is 0 Å². The van der Waals surface area contributed by atoms with Gasteiger partial charge in [-0.05, 0) is 37.1 Å². The van der Waals surface area contributed by atoms with Crippen LogP contribution in [0.25, 0.3) is 0 Å². The molecule has 0 bridgehead atoms. The van der Waals surface area contributed by atoms with E-state index in [1.165, 1.54) is 37.5 Å². The summed E-state index contributed by atoms with van der Waals surface area (Å²) >= 11 is 0. The number of nitriles is 1. The van der Waals surface area contributed by atoms with Crippen LogP contribution in [0.15, 0.2) is 30.5 Å². The number of nitrogens with two attached hydrogens (primary N) is 1. The number of rotatable bonds is 5. The molecule has 1 aromatic heterocycles. The molecule has 0 radical (unpaired) electrons. The molecule has 1 aromatic carbocycles. The van der Waals surface area contributed by atoms with Gasteiger partial charge in [0.15, 0.2) is 5.82 Å². The molecular weight excluding hydrogens is 379 g/mol. The number of amides is 2. The Morgan fingerprint density at radius 2 is 2.07 bits per heavy atom. The van der Waals surface area contributed by atoms with Crippen molar-refractivity contribution in [3.63, 3.8) is 0 Å². The van der Waals surface area contributed by atoms with Crippen LogP contribution in [0.5, 0.6) is 0 Å². The molecule has 3 rings (SSSR count). The third-order valence-electron chi connectivity index (χ3n) is 4.85. The summed E-state index contributed by atoms with van der Waals surface area (Å²) in [4.78, 5) is 23.3. The van der Waals surface area contributed by atoms with Gasteiger partial charge in [0.2, 0.25) is 0 Å². The summed E-state index contributed by atoms with van der Waals surface area (Å²) < 4.78 is 19.9. The summed E-state index contributed by atoms with van der Waals surface area (Å²) in [5.41, 5.74) is 6.18. The molecule has 2 amide bonds. The zero-order chi connectivity index (χ0) is 21.0. The summed E-state index contributed by atoms with van der Waals surface area (Å²) in [5.74, 6) is -1.29. The minimum Gasteiger partial charge on any atom is -0.446 e. The molecule has 2 aromatic rings. The summed E-state index contributed by atoms with van der Waals surface area (Å²) in [6.07, 6.45) is 2.06. The first-order chi connectivity index (χ1) is 13.9. The average Bonchev–Trinajstić information content (AvgIpc) is 3.13. The van der Waals surface area contributed by atoms with Crippen molar-refractivity contribution in [3.8, 4) is 6.07 Å². The zero-order valence-corrected chi connectivity index (χ0v) is 15.8. The Bertz CT molecular complexity index is 936. The van der Waals surface area contributed by atoms with E-state index in [1.54, 1.807) is 4.68 Å². The molecule has 4 N–H and O–H groups in total. The average molecular weight is 400 g/mol. The number of anilines is 2. The highest BCUT2D eigenvalue weighted by Crippen LogP contribution is 2.36. The number of aromatic nitrogens is 2. The molecule has 0 spiro atoms. The van der Waals surface area contributed by atoms with E-state index in [2.05, 4.69) is 21.8 Å². The van der Waals surface area contributed by atoms with Crippen molar-refractivity contribution in [2.45, 2.75) is 31.4 Å². The lowest BCUT2D eigenvalue weighted by atomic mass is 9.83. The second-order valence-corrected chi connectivity index (χ2v) is 6.76. The molecule has 0 saturated heterocycles. The molecule has 3 atom stereocenters. The third kappa shape index (κ3) is 4.63. The molecule has 9 nitrogen and oxygen atoms in total. The second kappa shape index (κ2) is 8.60. The minimum atomic E-state index is -0.675. The fourth-order valence-electron chi connectivity index (χ4n) is 3.39. The molecule has 152 valence electrons. The van der Waals surface area contributed by atoms with E-state index in [0.717, 1.165) is 0 Å². The van der Waals surface area contributed by atoms with E-state index >= 15 is 0 Å². The van der Waals surface area contributed by atoms with Gasteiger partial charge >= 0.3 is 6.09 Å². The van der Waals surface area contributed by atoms with E-state index in [1.807, 2.05) is 0 Å². The maximum atomic E-state index is 13.1. The van der Waals surface area contributed by atoms with E-state index in [0.29, 0.717) is 24.9 Å². The van der Waals surface area contributed by atoms with Crippen molar-refractivity contribution in [3.05, 3.63) is 41.8 Å². The number of nitrogens with zero attached hydrogens (tertiary/aromatic N) is 3. The van der Waals surface area contributed by atoms with E-state index in [4.69, 9.17) is 10.5 Å². The van der Waals surface area contributed by atoms with Gasteiger partial charge in [0.25, 0.3) is 5.91 Å². The summed E-state index contributed by atoms with van der Waals surface area (Å²) in [5, 5.41) is 19.4. The second-order valence-electron chi connectivity index (χ2n) is 6.76. The maximum absolute atomic E-state index is 13.1. The van der Waals surface area contributed by atoms with Gasteiger partial charge in [0.05, 0.1) is 18.0 Å². The number of primary amides is 1. The lowest BCUT2D eigenvalue weighted by molar-refractivity contribution is 0.0528. The first-order valence-electron chi connectivity index (χ1n) is 9.10. The van der Waals surface area contributed by atoms with Crippen molar-refractivity contribution >= 4 is 23.5 Å². The van der Waals surface area contributed by atoms with E-state index < -0.39 is 17.9 Å². The Kier molecular flexibility index (Phi) is 5.97. The normalized spacial score (nSPS) is 21.1. The number of hydrogen-bond donors (Lipinski definition) is 3. The number of carbonyl (C=O) groups excluding carboxylic acids is 2. The van der Waals surface area contributed by atoms with Gasteiger partial charge in [0, 0.05) is 25.4 Å². The third-order valence-corrected chi connectivity index (χ3v) is 4.85. The SMILES string of the molecule is CNC(=O)O[C@H]1CC[C@@H](n2cc(C(N)=O)c(Nc3ccc(F)cc3)n2)[C@H](C#N)C1. The topological polar surface area (TPSA) is 135 Å². The number of nitrogens with one attached hydrogen (secondary N) is 2. The van der Waals surface area contributed by atoms with Gasteiger partial charge in [-0.25, -0.2) is 9.18 Å². The molecule has 1 aliphatic carbocycles. The van der Waals surface area contributed by atoms with Crippen LogP contribution < -0.4 is 16.4 Å². The van der Waals surface area contributed by atoms with Crippen LogP contribution in [0, 0.1) is 23.1 Å². The van der Waals surface area contributed by atoms with Gasteiger partial charge in [-0.3, -0.25) is 9.48 Å². The van der Waals surface area contributed by atoms with Crippen LogP contribution >= 0.6 is 0 Å². The Labute approximate surface area is 166 Å². The highest BCUT2D eigenvalue weighted by molar-refractivity contribution is 5.98. The highest BCUT2D eigenvalue weighted by Gasteiger charge is 2.35. The predicted molar refractivity (Wildman–Crippen MR) is 102 cm³/mol. The molecular formula is C19H21FN6O3. The number of ether oxygens (including phenoxy) is 1. The first-order valence-corrected chi connectivity index (χ1v) is 9.10. The summed E-state index contributed by atoms with van der Waals surface area (Å²) in [6, 6.07) is 7.52. The fourth-order valence-corrected chi connectivity index (χ4v) is 3.39. The summed E-state index contributed by atoms with van der Waals surface area (Å²) in [7, 11) is 1.47. The predicted octanol–water partition coefficient (Wildman–Crippen LogP) is 2.45. The van der Waals surface area contributed by atoms with Crippen molar-refractivity contribution in [1.29, 1.82) is 5.26 Å². The Balaban J connectivity index is 1.81. The number of benzene rings is 1. The smallest absolute Gasteiger partial charge is 0.407 e. The number of carbonyl (C=O) groups is 2. The Morgan fingerprint density at radius 3 is 2.69 bits per heavy atom. The molecule has 0 aliphatic heterocycles. The number of alkyl carbamates (subject to hydrolysis) is 1. The van der Waals surface area contributed by atoms with Crippen LogP contribution in [0.2, 0.25) is 0 Å². The molecule has 10 heteroatoms. The van der Waals surface area contributed by atoms with Crippen LogP contribution in [0.4, 0.5) is 20.7 Å². The molecule has 29 heavy (non-hydrogen) atoms. The summed E-state index contributed by atoms with van der Waals surface area (Å²) in [6.45, 7) is 0. The van der Waals surface area contributed by atoms with E-state index in [9.17, 15) is 19.2 Å². The largest absolute Gasteiger partial charge is 0.446 e. The zero-order valence-electron chi connectivity index (χ0n) is 15.8. The van der Waals surface area contributed by atoms with Gasteiger partial charge in [-0.2, -0.15) is 10.4 Å². The van der Waals surface area contributed by atoms with Crippen LogP contribution in [-0.4, -0.2) is 34.9 Å². The molecule has 1 fully saturated rings. The Hall–Kier alpha value is -3.61. The lowest BCUT2D eigenvalue weighted by Crippen LogP contribution is -2.34. The van der Waals surface area contributed by atoms with Crippen molar-refractivity contribution in [1.82, 2.24) is 15.1 Å². The van der Waals surface area contributed by atoms with Crippen molar-refractivity contribution < 1.29 is 18.7 Å². The fraction of sp³-hybridized carbons (Fsp3) is 0.368. The van der Waals surface area contributed by atoms with Crippen LogP contribution in [0.1, 0.15) is 35.7 Å². The van der Waals surface area contributed by atoms with Crippen molar-refractivity contribution in [2.75, 3.05) is 12.4 Å². The molecule has 1 heterocycles. The monoisotopic (exact) mass is 400 g/mol. The quantitative estimate of drug-likeness (QED) is 0.705. The number of hydrogen-bond acceptors (Lipinski definition) is 6. The van der Waals surface area contributed by atoms with Gasteiger partial charge < -0.3 is 21.1 Å². The van der Waals surface area contributed by atoms with Gasteiger partial charge in [-0.1, -0.05) is 0 Å². The molecule has 1 saturated carbocycles. The van der Waals surface area contributed by atoms with Crippen molar-refractivity contribution in [2.24, 2.45) is 11.7 Å².